The summed E-state index contributed by atoms with van der Waals surface area (Å²) >= 11 is 0. The van der Waals surface area contributed by atoms with E-state index in [1.807, 2.05) is 42.3 Å². The zero-order valence-corrected chi connectivity index (χ0v) is 11.6. The molecule has 1 aromatic heterocycles. The van der Waals surface area contributed by atoms with E-state index in [9.17, 15) is 0 Å². The van der Waals surface area contributed by atoms with Gasteiger partial charge in [-0.05, 0) is 37.5 Å². The van der Waals surface area contributed by atoms with Crippen LogP contribution >= 0.6 is 0 Å². The highest BCUT2D eigenvalue weighted by Gasteiger charge is 2.17. The molecule has 2 aromatic rings. The zero-order valence-electron chi connectivity index (χ0n) is 11.6. The van der Waals surface area contributed by atoms with Gasteiger partial charge in [0.2, 0.25) is 0 Å². The Morgan fingerprint density at radius 2 is 2.10 bits per heavy atom. The minimum absolute atomic E-state index is 0.565. The summed E-state index contributed by atoms with van der Waals surface area (Å²) in [6.07, 6.45) is 5.35. The van der Waals surface area contributed by atoms with Crippen LogP contribution in [0, 0.1) is 0 Å². The van der Waals surface area contributed by atoms with Crippen LogP contribution < -0.4 is 16.0 Å². The van der Waals surface area contributed by atoms with Crippen LogP contribution in [-0.2, 0) is 0 Å². The van der Waals surface area contributed by atoms with Crippen LogP contribution in [0.25, 0.3) is 0 Å². The quantitative estimate of drug-likeness (QED) is 0.835. The molecular weight excluding hydrogens is 250 g/mol. The summed E-state index contributed by atoms with van der Waals surface area (Å²) in [5, 5.41) is 3.43. The Hall–Kier alpha value is -2.30. The molecule has 20 heavy (non-hydrogen) atoms. The molecule has 0 spiro atoms. The van der Waals surface area contributed by atoms with Gasteiger partial charge in [0.1, 0.15) is 18.0 Å². The Labute approximate surface area is 118 Å². The van der Waals surface area contributed by atoms with Gasteiger partial charge in [-0.3, -0.25) is 0 Å². The van der Waals surface area contributed by atoms with Crippen molar-refractivity contribution in [3.05, 3.63) is 36.7 Å². The summed E-state index contributed by atoms with van der Waals surface area (Å²) in [4.78, 5) is 10.6. The molecule has 1 aliphatic carbocycles. The van der Waals surface area contributed by atoms with Crippen molar-refractivity contribution in [2.75, 3.05) is 23.0 Å². The van der Waals surface area contributed by atoms with Crippen LogP contribution in [0.2, 0.25) is 0 Å². The highest BCUT2D eigenvalue weighted by atomic mass is 15.2. The van der Waals surface area contributed by atoms with Crippen molar-refractivity contribution in [2.45, 2.75) is 25.3 Å². The average molecular weight is 269 g/mol. The number of nitrogens with zero attached hydrogens (tertiary/aromatic N) is 3. The third-order valence-electron chi connectivity index (χ3n) is 3.71. The van der Waals surface area contributed by atoms with Gasteiger partial charge < -0.3 is 16.0 Å². The largest absolute Gasteiger partial charge is 0.399 e. The first kappa shape index (κ1) is 12.7. The lowest BCUT2D eigenvalue weighted by molar-refractivity contribution is 0.444. The lowest BCUT2D eigenvalue weighted by Crippen LogP contribution is -2.27. The second-order valence-electron chi connectivity index (χ2n) is 5.19. The molecule has 0 aliphatic heterocycles. The maximum atomic E-state index is 5.82. The minimum Gasteiger partial charge on any atom is -0.399 e. The van der Waals surface area contributed by atoms with Crippen LogP contribution in [0.4, 0.5) is 23.0 Å². The fraction of sp³-hybridized carbons (Fsp3) is 0.333. The van der Waals surface area contributed by atoms with Gasteiger partial charge in [0.25, 0.3) is 0 Å². The number of hydrogen-bond acceptors (Lipinski definition) is 5. The predicted octanol–water partition coefficient (Wildman–Crippen LogP) is 2.79. The first-order valence-corrected chi connectivity index (χ1v) is 6.90. The van der Waals surface area contributed by atoms with E-state index < -0.39 is 0 Å². The molecule has 0 atom stereocenters. The lowest BCUT2D eigenvalue weighted by atomic mass is 9.93. The van der Waals surface area contributed by atoms with E-state index in [0.717, 1.165) is 23.0 Å². The molecule has 0 unspecified atom stereocenters. The molecule has 3 N–H and O–H groups in total. The summed E-state index contributed by atoms with van der Waals surface area (Å²) in [5.41, 5.74) is 7.58. The number of anilines is 4. The number of hydrogen-bond donors (Lipinski definition) is 2. The number of aromatic nitrogens is 2. The second-order valence-corrected chi connectivity index (χ2v) is 5.19. The van der Waals surface area contributed by atoms with Gasteiger partial charge in [0, 0.05) is 30.5 Å². The molecular formula is C15H19N5. The van der Waals surface area contributed by atoms with E-state index in [1.54, 1.807) is 6.33 Å². The molecule has 0 radical (unpaired) electrons. The molecule has 5 heteroatoms. The molecule has 0 saturated heterocycles. The molecule has 1 aromatic carbocycles. The third kappa shape index (κ3) is 2.66. The van der Waals surface area contributed by atoms with E-state index in [2.05, 4.69) is 15.3 Å². The Kier molecular flexibility index (Phi) is 3.41. The molecule has 1 aliphatic rings. The van der Waals surface area contributed by atoms with Crippen LogP contribution in [0.15, 0.2) is 36.7 Å². The monoisotopic (exact) mass is 269 g/mol. The molecule has 1 heterocycles. The van der Waals surface area contributed by atoms with Crippen molar-refractivity contribution in [3.8, 4) is 0 Å². The highest BCUT2D eigenvalue weighted by molar-refractivity contribution is 5.65. The van der Waals surface area contributed by atoms with E-state index in [0.29, 0.717) is 6.04 Å². The van der Waals surface area contributed by atoms with Crippen LogP contribution in [0.3, 0.4) is 0 Å². The minimum atomic E-state index is 0.565. The van der Waals surface area contributed by atoms with Gasteiger partial charge in [-0.15, -0.1) is 0 Å². The number of nitrogens with two attached hydrogens (primary N) is 1. The van der Waals surface area contributed by atoms with E-state index in [-0.39, 0.29) is 0 Å². The topological polar surface area (TPSA) is 67.1 Å². The van der Waals surface area contributed by atoms with Crippen molar-refractivity contribution in [1.82, 2.24) is 9.97 Å². The third-order valence-corrected chi connectivity index (χ3v) is 3.71. The Morgan fingerprint density at radius 3 is 2.80 bits per heavy atom. The van der Waals surface area contributed by atoms with Crippen molar-refractivity contribution in [3.63, 3.8) is 0 Å². The molecule has 0 bridgehead atoms. The molecule has 1 saturated carbocycles. The molecule has 1 fully saturated rings. The fourth-order valence-corrected chi connectivity index (χ4v) is 2.24. The van der Waals surface area contributed by atoms with Crippen LogP contribution in [0.5, 0.6) is 0 Å². The Morgan fingerprint density at radius 1 is 1.25 bits per heavy atom. The molecule has 0 amide bonds. The normalized spacial score (nSPS) is 14.7. The maximum absolute atomic E-state index is 5.82. The Bertz CT molecular complexity index is 594. The first-order chi connectivity index (χ1) is 9.72. The maximum Gasteiger partial charge on any atom is 0.138 e. The number of nitrogens with one attached hydrogen (secondary N) is 1. The molecule has 104 valence electrons. The van der Waals surface area contributed by atoms with E-state index >= 15 is 0 Å². The molecule has 5 nitrogen and oxygen atoms in total. The second kappa shape index (κ2) is 5.36. The summed E-state index contributed by atoms with van der Waals surface area (Å²) < 4.78 is 0. The standard InChI is InChI=1S/C15H19N5/c1-20(13-7-2-4-11(16)8-13)15-9-14(17-10-18-15)19-12-5-3-6-12/h2,4,7-10,12H,3,5-6,16H2,1H3,(H,17,18,19). The number of benzene rings is 1. The Balaban J connectivity index is 1.80. The van der Waals surface area contributed by atoms with Gasteiger partial charge in [-0.2, -0.15) is 0 Å². The van der Waals surface area contributed by atoms with Crippen molar-refractivity contribution in [2.24, 2.45) is 0 Å². The SMILES string of the molecule is CN(c1cccc(N)c1)c1cc(NC2CCC2)ncn1. The smallest absolute Gasteiger partial charge is 0.138 e. The van der Waals surface area contributed by atoms with Crippen molar-refractivity contribution < 1.29 is 0 Å². The van der Waals surface area contributed by atoms with Crippen molar-refractivity contribution in [1.29, 1.82) is 0 Å². The number of nitrogen functional groups attached to an aromatic ring is 1. The van der Waals surface area contributed by atoms with Crippen molar-refractivity contribution >= 4 is 23.0 Å². The van der Waals surface area contributed by atoms with Gasteiger partial charge in [-0.1, -0.05) is 6.07 Å². The first-order valence-electron chi connectivity index (χ1n) is 6.90. The summed E-state index contributed by atoms with van der Waals surface area (Å²) in [6.45, 7) is 0. The fourth-order valence-electron chi connectivity index (χ4n) is 2.24. The van der Waals surface area contributed by atoms with Crippen LogP contribution in [0.1, 0.15) is 19.3 Å². The van der Waals surface area contributed by atoms with Gasteiger partial charge in [0.15, 0.2) is 0 Å². The zero-order chi connectivity index (χ0) is 13.9. The summed E-state index contributed by atoms with van der Waals surface area (Å²) in [5.74, 6) is 1.74. The summed E-state index contributed by atoms with van der Waals surface area (Å²) in [6, 6.07) is 10.3. The van der Waals surface area contributed by atoms with Gasteiger partial charge in [-0.25, -0.2) is 9.97 Å². The lowest BCUT2D eigenvalue weighted by Gasteiger charge is -2.27. The highest BCUT2D eigenvalue weighted by Crippen LogP contribution is 2.26. The predicted molar refractivity (Wildman–Crippen MR) is 82.2 cm³/mol. The summed E-state index contributed by atoms with van der Waals surface area (Å²) in [7, 11) is 1.98. The average Bonchev–Trinajstić information content (AvgIpc) is 2.42. The number of rotatable bonds is 4. The van der Waals surface area contributed by atoms with Gasteiger partial charge in [0.05, 0.1) is 0 Å². The van der Waals surface area contributed by atoms with E-state index in [4.69, 9.17) is 5.73 Å². The van der Waals surface area contributed by atoms with Gasteiger partial charge >= 0.3 is 0 Å². The van der Waals surface area contributed by atoms with E-state index in [1.165, 1.54) is 19.3 Å². The molecule has 3 rings (SSSR count). The van der Waals surface area contributed by atoms with Crippen LogP contribution in [-0.4, -0.2) is 23.1 Å².